The molecule has 0 aliphatic rings. The first-order valence-electron chi connectivity index (χ1n) is 3.38. The van der Waals surface area contributed by atoms with Crippen molar-refractivity contribution in [3.05, 3.63) is 29.6 Å². The maximum Gasteiger partial charge on any atom is 0.223 e. The summed E-state index contributed by atoms with van der Waals surface area (Å²) in [6.45, 7) is 1.95. The maximum absolute atomic E-state index is 10.4. The van der Waals surface area contributed by atoms with Crippen LogP contribution in [0.1, 0.15) is 11.3 Å². The van der Waals surface area contributed by atoms with E-state index in [-0.39, 0.29) is 12.3 Å². The predicted octanol–water partition coefficient (Wildman–Crippen LogP) is 0.418. The SMILES string of the molecule is Cc1ccc(CC(N)=O)nc1. The van der Waals surface area contributed by atoms with E-state index in [2.05, 4.69) is 4.98 Å². The maximum atomic E-state index is 10.4. The summed E-state index contributed by atoms with van der Waals surface area (Å²) < 4.78 is 0. The van der Waals surface area contributed by atoms with Gasteiger partial charge in [-0.2, -0.15) is 0 Å². The topological polar surface area (TPSA) is 56.0 Å². The van der Waals surface area contributed by atoms with Crippen molar-refractivity contribution in [3.63, 3.8) is 0 Å². The van der Waals surface area contributed by atoms with E-state index in [1.165, 1.54) is 0 Å². The first kappa shape index (κ1) is 7.72. The fraction of sp³-hybridized carbons (Fsp3) is 0.250. The summed E-state index contributed by atoms with van der Waals surface area (Å²) in [6, 6.07) is 3.71. The summed E-state index contributed by atoms with van der Waals surface area (Å²) in [6.07, 6.45) is 1.94. The van der Waals surface area contributed by atoms with Crippen molar-refractivity contribution in [3.8, 4) is 0 Å². The van der Waals surface area contributed by atoms with E-state index in [9.17, 15) is 4.79 Å². The largest absolute Gasteiger partial charge is 0.369 e. The lowest BCUT2D eigenvalue weighted by Crippen LogP contribution is -2.14. The summed E-state index contributed by atoms with van der Waals surface area (Å²) in [5.41, 5.74) is 6.79. The van der Waals surface area contributed by atoms with Crippen LogP contribution in [0.3, 0.4) is 0 Å². The highest BCUT2D eigenvalue weighted by atomic mass is 16.1. The summed E-state index contributed by atoms with van der Waals surface area (Å²) in [5.74, 6) is -0.346. The van der Waals surface area contributed by atoms with E-state index in [1.807, 2.05) is 13.0 Å². The summed E-state index contributed by atoms with van der Waals surface area (Å²) >= 11 is 0. The third kappa shape index (κ3) is 2.37. The molecule has 2 N–H and O–H groups in total. The molecule has 1 aromatic heterocycles. The molecule has 0 unspecified atom stereocenters. The zero-order chi connectivity index (χ0) is 8.27. The Labute approximate surface area is 65.2 Å². The van der Waals surface area contributed by atoms with E-state index in [1.54, 1.807) is 12.3 Å². The van der Waals surface area contributed by atoms with Crippen molar-refractivity contribution in [2.24, 2.45) is 5.73 Å². The Kier molecular flexibility index (Phi) is 2.21. The summed E-state index contributed by atoms with van der Waals surface area (Å²) in [7, 11) is 0. The van der Waals surface area contributed by atoms with Gasteiger partial charge in [-0.3, -0.25) is 9.78 Å². The quantitative estimate of drug-likeness (QED) is 0.664. The second-order valence-corrected chi connectivity index (χ2v) is 2.47. The van der Waals surface area contributed by atoms with Crippen LogP contribution in [0, 0.1) is 6.92 Å². The Morgan fingerprint density at radius 3 is 2.82 bits per heavy atom. The minimum absolute atomic E-state index is 0.222. The molecule has 0 atom stereocenters. The number of pyridine rings is 1. The minimum atomic E-state index is -0.346. The average molecular weight is 150 g/mol. The van der Waals surface area contributed by atoms with Crippen molar-refractivity contribution >= 4 is 5.91 Å². The highest BCUT2D eigenvalue weighted by molar-refractivity contribution is 5.76. The molecule has 1 aromatic rings. The smallest absolute Gasteiger partial charge is 0.223 e. The van der Waals surface area contributed by atoms with Crippen molar-refractivity contribution in [2.45, 2.75) is 13.3 Å². The standard InChI is InChI=1S/C8H10N2O/c1-6-2-3-7(10-5-6)4-8(9)11/h2-3,5H,4H2,1H3,(H2,9,11). The van der Waals surface area contributed by atoms with Crippen LogP contribution < -0.4 is 5.73 Å². The van der Waals surface area contributed by atoms with Crippen LogP contribution in [0.25, 0.3) is 0 Å². The van der Waals surface area contributed by atoms with E-state index >= 15 is 0 Å². The van der Waals surface area contributed by atoms with E-state index in [4.69, 9.17) is 5.73 Å². The Bertz CT molecular complexity index is 253. The molecule has 0 aliphatic carbocycles. The van der Waals surface area contributed by atoms with Gasteiger partial charge in [0, 0.05) is 11.9 Å². The minimum Gasteiger partial charge on any atom is -0.369 e. The zero-order valence-corrected chi connectivity index (χ0v) is 6.37. The van der Waals surface area contributed by atoms with Crippen molar-refractivity contribution in [1.29, 1.82) is 0 Å². The van der Waals surface area contributed by atoms with Gasteiger partial charge in [-0.15, -0.1) is 0 Å². The number of nitrogens with two attached hydrogens (primary N) is 1. The van der Waals surface area contributed by atoms with Gasteiger partial charge in [0.2, 0.25) is 5.91 Å². The number of aryl methyl sites for hydroxylation is 1. The van der Waals surface area contributed by atoms with E-state index in [0.717, 1.165) is 11.3 Å². The number of aromatic nitrogens is 1. The lowest BCUT2D eigenvalue weighted by molar-refractivity contribution is -0.117. The lowest BCUT2D eigenvalue weighted by Gasteiger charge is -1.95. The molecule has 1 rings (SSSR count). The lowest BCUT2D eigenvalue weighted by atomic mass is 10.2. The van der Waals surface area contributed by atoms with Crippen molar-refractivity contribution in [1.82, 2.24) is 4.98 Å². The highest BCUT2D eigenvalue weighted by Crippen LogP contribution is 1.98. The molecule has 0 saturated carbocycles. The Balaban J connectivity index is 2.74. The van der Waals surface area contributed by atoms with Crippen molar-refractivity contribution < 1.29 is 4.79 Å². The molecule has 0 aromatic carbocycles. The number of carbonyl (C=O) groups is 1. The second-order valence-electron chi connectivity index (χ2n) is 2.47. The normalized spacial score (nSPS) is 9.55. The van der Waals surface area contributed by atoms with Crippen LogP contribution in [-0.4, -0.2) is 10.9 Å². The molecular formula is C8H10N2O. The third-order valence-electron chi connectivity index (χ3n) is 1.33. The van der Waals surface area contributed by atoms with Gasteiger partial charge in [-0.05, 0) is 18.6 Å². The number of hydrogen-bond acceptors (Lipinski definition) is 2. The number of carbonyl (C=O) groups excluding carboxylic acids is 1. The average Bonchev–Trinajstić information content (AvgIpc) is 1.93. The molecule has 1 amide bonds. The molecule has 0 bridgehead atoms. The molecule has 0 aliphatic heterocycles. The number of amides is 1. The first-order valence-corrected chi connectivity index (χ1v) is 3.38. The molecule has 0 spiro atoms. The highest BCUT2D eigenvalue weighted by Gasteiger charge is 1.97. The second kappa shape index (κ2) is 3.14. The van der Waals surface area contributed by atoms with Gasteiger partial charge in [0.15, 0.2) is 0 Å². The number of primary amides is 1. The summed E-state index contributed by atoms with van der Waals surface area (Å²) in [5, 5.41) is 0. The molecule has 0 fully saturated rings. The molecule has 3 nitrogen and oxygen atoms in total. The van der Waals surface area contributed by atoms with Gasteiger partial charge < -0.3 is 5.73 Å². The van der Waals surface area contributed by atoms with Crippen LogP contribution in [0.4, 0.5) is 0 Å². The fourth-order valence-electron chi connectivity index (χ4n) is 0.782. The van der Waals surface area contributed by atoms with Gasteiger partial charge in [-0.1, -0.05) is 6.07 Å². The molecule has 3 heteroatoms. The van der Waals surface area contributed by atoms with Crippen LogP contribution in [0.15, 0.2) is 18.3 Å². The number of hydrogen-bond donors (Lipinski definition) is 1. The Hall–Kier alpha value is -1.38. The third-order valence-corrected chi connectivity index (χ3v) is 1.33. The first-order chi connectivity index (χ1) is 5.18. The summed E-state index contributed by atoms with van der Waals surface area (Å²) in [4.78, 5) is 14.5. The Morgan fingerprint density at radius 1 is 1.64 bits per heavy atom. The number of rotatable bonds is 2. The predicted molar refractivity (Wildman–Crippen MR) is 41.9 cm³/mol. The molecule has 0 radical (unpaired) electrons. The van der Waals surface area contributed by atoms with Gasteiger partial charge in [0.05, 0.1) is 6.42 Å². The zero-order valence-electron chi connectivity index (χ0n) is 6.37. The van der Waals surface area contributed by atoms with E-state index < -0.39 is 0 Å². The fourth-order valence-corrected chi connectivity index (χ4v) is 0.782. The molecule has 0 saturated heterocycles. The van der Waals surface area contributed by atoms with Crippen LogP contribution in [-0.2, 0) is 11.2 Å². The van der Waals surface area contributed by atoms with Gasteiger partial charge in [0.1, 0.15) is 0 Å². The van der Waals surface area contributed by atoms with Gasteiger partial charge >= 0.3 is 0 Å². The Morgan fingerprint density at radius 2 is 2.36 bits per heavy atom. The molecular weight excluding hydrogens is 140 g/mol. The van der Waals surface area contributed by atoms with E-state index in [0.29, 0.717) is 0 Å². The van der Waals surface area contributed by atoms with Crippen LogP contribution >= 0.6 is 0 Å². The van der Waals surface area contributed by atoms with Gasteiger partial charge in [-0.25, -0.2) is 0 Å². The molecule has 58 valence electrons. The number of nitrogens with zero attached hydrogens (tertiary/aromatic N) is 1. The van der Waals surface area contributed by atoms with Crippen LogP contribution in [0.2, 0.25) is 0 Å². The molecule has 1 heterocycles. The monoisotopic (exact) mass is 150 g/mol. The van der Waals surface area contributed by atoms with Gasteiger partial charge in [0.25, 0.3) is 0 Å². The van der Waals surface area contributed by atoms with Crippen molar-refractivity contribution in [2.75, 3.05) is 0 Å². The molecule has 11 heavy (non-hydrogen) atoms. The van der Waals surface area contributed by atoms with Crippen LogP contribution in [0.5, 0.6) is 0 Å².